The summed E-state index contributed by atoms with van der Waals surface area (Å²) in [5, 5.41) is 6.66. The molecule has 7 nitrogen and oxygen atoms in total. The van der Waals surface area contributed by atoms with Gasteiger partial charge in [-0.25, -0.2) is 4.98 Å². The molecule has 150 valence electrons. The van der Waals surface area contributed by atoms with Crippen LogP contribution in [0.25, 0.3) is 22.4 Å². The lowest BCUT2D eigenvalue weighted by atomic mass is 10.0. The zero-order valence-electron chi connectivity index (χ0n) is 16.5. The van der Waals surface area contributed by atoms with Crippen LogP contribution in [0, 0.1) is 0 Å². The predicted octanol–water partition coefficient (Wildman–Crippen LogP) is 2.50. The van der Waals surface area contributed by atoms with Crippen molar-refractivity contribution in [3.8, 4) is 22.4 Å². The summed E-state index contributed by atoms with van der Waals surface area (Å²) in [5.41, 5.74) is 10.0. The van der Waals surface area contributed by atoms with Crippen molar-refractivity contribution in [1.82, 2.24) is 25.2 Å². The number of nitrogens with two attached hydrogens (primary N) is 1. The fourth-order valence-electron chi connectivity index (χ4n) is 3.52. The van der Waals surface area contributed by atoms with E-state index < -0.39 is 0 Å². The van der Waals surface area contributed by atoms with Crippen LogP contribution in [0.1, 0.15) is 6.42 Å². The second-order valence-corrected chi connectivity index (χ2v) is 7.16. The Morgan fingerprint density at radius 3 is 2.69 bits per heavy atom. The van der Waals surface area contributed by atoms with Crippen molar-refractivity contribution in [2.24, 2.45) is 0 Å². The van der Waals surface area contributed by atoms with Gasteiger partial charge >= 0.3 is 0 Å². The molecule has 4 rings (SSSR count). The first-order valence-electron chi connectivity index (χ1n) is 10.1. The van der Waals surface area contributed by atoms with E-state index in [0.29, 0.717) is 11.8 Å². The zero-order valence-corrected chi connectivity index (χ0v) is 16.5. The van der Waals surface area contributed by atoms with Gasteiger partial charge in [0.2, 0.25) is 5.95 Å². The minimum absolute atomic E-state index is 0.475. The number of benzene rings is 1. The smallest absolute Gasteiger partial charge is 0.224 e. The van der Waals surface area contributed by atoms with Crippen molar-refractivity contribution < 1.29 is 0 Å². The molecule has 0 radical (unpaired) electrons. The molecule has 1 aliphatic rings. The number of aromatic nitrogens is 3. The molecule has 0 atom stereocenters. The van der Waals surface area contributed by atoms with E-state index in [9.17, 15) is 0 Å². The molecule has 29 heavy (non-hydrogen) atoms. The summed E-state index contributed by atoms with van der Waals surface area (Å²) in [6.45, 7) is 6.32. The van der Waals surface area contributed by atoms with E-state index in [1.165, 1.54) is 0 Å². The number of pyridine rings is 1. The number of nitrogens with one attached hydrogen (secondary N) is 2. The maximum absolute atomic E-state index is 6.24. The van der Waals surface area contributed by atoms with Crippen molar-refractivity contribution in [1.29, 1.82) is 0 Å². The number of hydrogen-bond acceptors (Lipinski definition) is 7. The first-order chi connectivity index (χ1) is 14.3. The molecule has 0 spiro atoms. The highest BCUT2D eigenvalue weighted by molar-refractivity contribution is 5.77. The second-order valence-electron chi connectivity index (χ2n) is 7.16. The Bertz CT molecular complexity index is 923. The Morgan fingerprint density at radius 2 is 1.90 bits per heavy atom. The van der Waals surface area contributed by atoms with Gasteiger partial charge in [0, 0.05) is 56.2 Å². The lowest BCUT2D eigenvalue weighted by Gasteiger charge is -2.27. The maximum atomic E-state index is 6.24. The van der Waals surface area contributed by atoms with Crippen LogP contribution < -0.4 is 16.4 Å². The van der Waals surface area contributed by atoms with Gasteiger partial charge in [0.15, 0.2) is 0 Å². The largest absolute Gasteiger partial charge is 0.383 e. The SMILES string of the molecule is Nc1nc(NCCCN2CCNCC2)ncc1-c1cccc(-c2ccccn2)c1. The second kappa shape index (κ2) is 9.45. The molecule has 1 aromatic carbocycles. The van der Waals surface area contributed by atoms with Crippen molar-refractivity contribution >= 4 is 11.8 Å². The highest BCUT2D eigenvalue weighted by atomic mass is 15.2. The summed E-state index contributed by atoms with van der Waals surface area (Å²) < 4.78 is 0. The van der Waals surface area contributed by atoms with E-state index in [4.69, 9.17) is 5.73 Å². The molecule has 4 N–H and O–H groups in total. The fraction of sp³-hybridized carbons (Fsp3) is 0.318. The predicted molar refractivity (Wildman–Crippen MR) is 118 cm³/mol. The van der Waals surface area contributed by atoms with E-state index >= 15 is 0 Å². The molecule has 3 aromatic rings. The van der Waals surface area contributed by atoms with Crippen molar-refractivity contribution in [2.75, 3.05) is 50.3 Å². The maximum Gasteiger partial charge on any atom is 0.224 e. The van der Waals surface area contributed by atoms with Gasteiger partial charge in [0.25, 0.3) is 0 Å². The normalized spacial score (nSPS) is 14.6. The molecular weight excluding hydrogens is 362 g/mol. The number of rotatable bonds is 7. The number of anilines is 2. The summed E-state index contributed by atoms with van der Waals surface area (Å²) in [7, 11) is 0. The summed E-state index contributed by atoms with van der Waals surface area (Å²) in [6.07, 6.45) is 4.64. The van der Waals surface area contributed by atoms with Gasteiger partial charge in [-0.05, 0) is 36.7 Å². The molecule has 0 bridgehead atoms. The molecule has 0 amide bonds. The molecule has 1 aliphatic heterocycles. The minimum Gasteiger partial charge on any atom is -0.383 e. The third-order valence-electron chi connectivity index (χ3n) is 5.10. The van der Waals surface area contributed by atoms with Crippen LogP contribution in [0.3, 0.4) is 0 Å². The van der Waals surface area contributed by atoms with Crippen molar-refractivity contribution in [2.45, 2.75) is 6.42 Å². The van der Waals surface area contributed by atoms with Crippen LogP contribution in [0.5, 0.6) is 0 Å². The van der Waals surface area contributed by atoms with Gasteiger partial charge in [-0.15, -0.1) is 0 Å². The average molecular weight is 390 g/mol. The Kier molecular flexibility index (Phi) is 6.29. The third kappa shape index (κ3) is 5.07. The van der Waals surface area contributed by atoms with Crippen LogP contribution in [0.4, 0.5) is 11.8 Å². The molecule has 1 saturated heterocycles. The van der Waals surface area contributed by atoms with E-state index in [-0.39, 0.29) is 0 Å². The van der Waals surface area contributed by atoms with E-state index in [2.05, 4.69) is 36.6 Å². The summed E-state index contributed by atoms with van der Waals surface area (Å²) >= 11 is 0. The molecular formula is C22H27N7. The molecule has 0 unspecified atom stereocenters. The Hall–Kier alpha value is -3.03. The summed E-state index contributed by atoms with van der Waals surface area (Å²) in [6, 6.07) is 14.0. The van der Waals surface area contributed by atoms with E-state index in [0.717, 1.165) is 68.1 Å². The van der Waals surface area contributed by atoms with Crippen LogP contribution in [-0.2, 0) is 0 Å². The molecule has 3 heterocycles. The highest BCUT2D eigenvalue weighted by Gasteiger charge is 2.10. The van der Waals surface area contributed by atoms with Crippen molar-refractivity contribution in [3.63, 3.8) is 0 Å². The van der Waals surface area contributed by atoms with E-state index in [1.54, 1.807) is 12.4 Å². The lowest BCUT2D eigenvalue weighted by Crippen LogP contribution is -2.44. The first kappa shape index (κ1) is 19.3. The van der Waals surface area contributed by atoms with Gasteiger partial charge in [-0.3, -0.25) is 4.98 Å². The molecule has 2 aromatic heterocycles. The first-order valence-corrected chi connectivity index (χ1v) is 10.1. The molecule has 0 saturated carbocycles. The lowest BCUT2D eigenvalue weighted by molar-refractivity contribution is 0.240. The van der Waals surface area contributed by atoms with Gasteiger partial charge in [0.05, 0.1) is 5.69 Å². The summed E-state index contributed by atoms with van der Waals surface area (Å²) in [5.74, 6) is 1.05. The number of hydrogen-bond donors (Lipinski definition) is 3. The average Bonchev–Trinajstić information content (AvgIpc) is 2.78. The van der Waals surface area contributed by atoms with Crippen LogP contribution in [0.2, 0.25) is 0 Å². The molecule has 0 aliphatic carbocycles. The Morgan fingerprint density at radius 1 is 1.03 bits per heavy atom. The quantitative estimate of drug-likeness (QED) is 0.535. The monoisotopic (exact) mass is 389 g/mol. The minimum atomic E-state index is 0.475. The Balaban J connectivity index is 1.38. The van der Waals surface area contributed by atoms with Gasteiger partial charge in [-0.2, -0.15) is 4.98 Å². The standard InChI is InChI=1S/C22H27N7/c23-21-19(17-5-3-6-18(15-17)20-7-1-2-8-25-20)16-27-22(28-21)26-9-4-12-29-13-10-24-11-14-29/h1-3,5-8,15-16,24H,4,9-14H2,(H3,23,26,27,28). The molecule has 1 fully saturated rings. The number of nitrogen functional groups attached to an aromatic ring is 1. The van der Waals surface area contributed by atoms with Crippen LogP contribution in [0.15, 0.2) is 54.9 Å². The van der Waals surface area contributed by atoms with Crippen LogP contribution >= 0.6 is 0 Å². The van der Waals surface area contributed by atoms with Crippen LogP contribution in [-0.4, -0.2) is 59.1 Å². The van der Waals surface area contributed by atoms with Crippen molar-refractivity contribution in [3.05, 3.63) is 54.9 Å². The Labute approximate surface area is 171 Å². The van der Waals surface area contributed by atoms with E-state index in [1.807, 2.05) is 36.4 Å². The number of nitrogens with zero attached hydrogens (tertiary/aromatic N) is 4. The topological polar surface area (TPSA) is 92.0 Å². The molecule has 7 heteroatoms. The van der Waals surface area contributed by atoms with Gasteiger partial charge in [0.1, 0.15) is 5.82 Å². The highest BCUT2D eigenvalue weighted by Crippen LogP contribution is 2.28. The summed E-state index contributed by atoms with van der Waals surface area (Å²) in [4.78, 5) is 15.8. The third-order valence-corrected chi connectivity index (χ3v) is 5.10. The van der Waals surface area contributed by atoms with Gasteiger partial charge < -0.3 is 21.3 Å². The zero-order chi connectivity index (χ0) is 19.9. The fourth-order valence-corrected chi connectivity index (χ4v) is 3.52. The van der Waals surface area contributed by atoms with Gasteiger partial charge in [-0.1, -0.05) is 24.3 Å². The number of piperazine rings is 1.